The Morgan fingerprint density at radius 1 is 0.667 bits per heavy atom. The largest absolute Gasteiger partial charge is 0.500 e. The number of hydrogen-bond donors (Lipinski definition) is 2. The van der Waals surface area contributed by atoms with Gasteiger partial charge in [-0.05, 0) is 74.6 Å². The molecule has 2 aromatic carbocycles. The van der Waals surface area contributed by atoms with E-state index in [0.29, 0.717) is 25.7 Å². The Morgan fingerprint density at radius 3 is 1.60 bits per heavy atom. The zero-order chi connectivity index (χ0) is 30.3. The Balaban J connectivity index is 1.84. The van der Waals surface area contributed by atoms with Gasteiger partial charge in [0.05, 0.1) is 0 Å². The van der Waals surface area contributed by atoms with Crippen molar-refractivity contribution in [3.8, 4) is 0 Å². The van der Waals surface area contributed by atoms with Gasteiger partial charge in [0.1, 0.15) is 0 Å². The van der Waals surface area contributed by atoms with E-state index >= 15 is 0 Å². The lowest BCUT2D eigenvalue weighted by Crippen LogP contribution is -2.46. The Hall–Kier alpha value is -2.58. The van der Waals surface area contributed by atoms with Gasteiger partial charge in [0.15, 0.2) is 0 Å². The smallest absolute Gasteiger partial charge is 0.374 e. The second kappa shape index (κ2) is 22.0. The molecule has 2 N–H and O–H groups in total. The third kappa shape index (κ3) is 14.5. The number of nitrogens with one attached hydrogen (secondary N) is 2. The second-order valence-corrected chi connectivity index (χ2v) is 13.0. The van der Waals surface area contributed by atoms with E-state index in [-0.39, 0.29) is 0 Å². The van der Waals surface area contributed by atoms with Crippen molar-refractivity contribution in [1.29, 1.82) is 0 Å². The van der Waals surface area contributed by atoms with Crippen molar-refractivity contribution in [3.05, 3.63) is 108 Å². The van der Waals surface area contributed by atoms with Crippen LogP contribution in [0.2, 0.25) is 6.04 Å². The van der Waals surface area contributed by atoms with Gasteiger partial charge in [-0.25, -0.2) is 0 Å². The Bertz CT molecular complexity index is 1030. The topological polar surface area (TPSA) is 51.8 Å². The van der Waals surface area contributed by atoms with E-state index in [1.54, 1.807) is 0 Å². The molecule has 0 saturated carbocycles. The molecular formula is C36H54N2O3Si. The quantitative estimate of drug-likeness (QED) is 0.0733. The molecule has 2 aromatic rings. The predicted octanol–water partition coefficient (Wildman–Crippen LogP) is 8.19. The average Bonchev–Trinajstić information content (AvgIpc) is 3.01. The minimum Gasteiger partial charge on any atom is -0.374 e. The van der Waals surface area contributed by atoms with Crippen LogP contribution >= 0.6 is 0 Å². The fourth-order valence-corrected chi connectivity index (χ4v) is 7.57. The molecule has 0 radical (unpaired) electrons. The molecular weight excluding hydrogens is 536 g/mol. The van der Waals surface area contributed by atoms with E-state index in [1.807, 2.05) is 32.9 Å². The molecule has 0 aromatic heterocycles. The van der Waals surface area contributed by atoms with Crippen LogP contribution in [-0.2, 0) is 26.4 Å². The first kappa shape index (κ1) is 35.6. The van der Waals surface area contributed by atoms with Crippen LogP contribution in [-0.4, -0.2) is 41.7 Å². The van der Waals surface area contributed by atoms with Gasteiger partial charge in [-0.1, -0.05) is 98.1 Å². The van der Waals surface area contributed by atoms with Crippen molar-refractivity contribution in [2.24, 2.45) is 5.92 Å². The highest BCUT2D eigenvalue weighted by molar-refractivity contribution is 6.60. The van der Waals surface area contributed by atoms with E-state index in [2.05, 4.69) is 96.6 Å². The molecule has 42 heavy (non-hydrogen) atoms. The van der Waals surface area contributed by atoms with Crippen molar-refractivity contribution >= 4 is 21.0 Å². The third-order valence-corrected chi connectivity index (χ3v) is 10.2. The summed E-state index contributed by atoms with van der Waals surface area (Å²) in [6, 6.07) is 17.9. The van der Waals surface area contributed by atoms with Gasteiger partial charge in [-0.15, -0.1) is 0 Å². The molecule has 0 saturated heterocycles. The summed E-state index contributed by atoms with van der Waals surface area (Å²) in [5.74, 6) is 0.543. The first-order chi connectivity index (χ1) is 20.6. The van der Waals surface area contributed by atoms with E-state index in [0.717, 1.165) is 69.0 Å². The van der Waals surface area contributed by atoms with Crippen molar-refractivity contribution in [2.45, 2.75) is 65.6 Å². The highest BCUT2D eigenvalue weighted by Gasteiger charge is 2.40. The molecule has 0 aliphatic carbocycles. The van der Waals surface area contributed by atoms with Crippen LogP contribution in [0.25, 0.3) is 12.2 Å². The second-order valence-electron chi connectivity index (χ2n) is 10.3. The third-order valence-electron chi connectivity index (χ3n) is 7.11. The summed E-state index contributed by atoms with van der Waals surface area (Å²) in [4.78, 5) is 0. The number of benzene rings is 2. The van der Waals surface area contributed by atoms with Gasteiger partial charge >= 0.3 is 8.80 Å². The van der Waals surface area contributed by atoms with Gasteiger partial charge in [-0.3, -0.25) is 0 Å². The average molecular weight is 591 g/mol. The molecule has 0 aliphatic rings. The fourth-order valence-electron chi connectivity index (χ4n) is 4.81. The minimum absolute atomic E-state index is 0.543. The molecule has 0 bridgehead atoms. The summed E-state index contributed by atoms with van der Waals surface area (Å²) in [5, 5.41) is 7.03. The molecule has 5 nitrogen and oxygen atoms in total. The van der Waals surface area contributed by atoms with Crippen LogP contribution < -0.4 is 10.6 Å². The molecule has 0 spiro atoms. The maximum Gasteiger partial charge on any atom is 0.500 e. The lowest BCUT2D eigenvalue weighted by molar-refractivity contribution is 0.0695. The highest BCUT2D eigenvalue weighted by Crippen LogP contribution is 2.26. The van der Waals surface area contributed by atoms with Gasteiger partial charge < -0.3 is 23.9 Å². The summed E-state index contributed by atoms with van der Waals surface area (Å²) in [6.07, 6.45) is 17.1. The number of rotatable bonds is 24. The highest BCUT2D eigenvalue weighted by atomic mass is 28.4. The Morgan fingerprint density at radius 2 is 1.14 bits per heavy atom. The normalized spacial score (nSPS) is 12.7. The number of hydrogen-bond acceptors (Lipinski definition) is 5. The van der Waals surface area contributed by atoms with E-state index in [9.17, 15) is 0 Å². The molecule has 0 aliphatic heterocycles. The van der Waals surface area contributed by atoms with Crippen molar-refractivity contribution in [1.82, 2.24) is 10.6 Å². The zero-order valence-corrected chi connectivity index (χ0v) is 27.3. The van der Waals surface area contributed by atoms with Crippen LogP contribution in [0.5, 0.6) is 0 Å². The van der Waals surface area contributed by atoms with Gasteiger partial charge in [0, 0.05) is 52.0 Å². The first-order valence-corrected chi connectivity index (χ1v) is 17.6. The predicted molar refractivity (Wildman–Crippen MR) is 182 cm³/mol. The molecule has 1 atom stereocenters. The summed E-state index contributed by atoms with van der Waals surface area (Å²) in [5.41, 5.74) is 4.86. The van der Waals surface area contributed by atoms with Gasteiger partial charge in [0.25, 0.3) is 0 Å². The molecule has 0 fully saturated rings. The summed E-state index contributed by atoms with van der Waals surface area (Å²) < 4.78 is 18.4. The zero-order valence-electron chi connectivity index (χ0n) is 26.3. The monoisotopic (exact) mass is 590 g/mol. The molecule has 6 heteroatoms. The number of allylic oxidation sites excluding steroid dienone is 2. The minimum atomic E-state index is -2.64. The molecule has 230 valence electrons. The first-order valence-electron chi connectivity index (χ1n) is 15.6. The molecule has 2 rings (SSSR count). The Labute approximate surface area is 257 Å². The maximum absolute atomic E-state index is 6.13. The van der Waals surface area contributed by atoms with Crippen LogP contribution in [0.4, 0.5) is 0 Å². The lowest BCUT2D eigenvalue weighted by atomic mass is 9.96. The van der Waals surface area contributed by atoms with Gasteiger partial charge in [0.2, 0.25) is 0 Å². The van der Waals surface area contributed by atoms with E-state index in [1.165, 1.54) is 11.1 Å². The standard InChI is InChI=1S/C36H54N2O3Si/c1-6-32-18-22-35(23-19-32)30-37-27-14-11-12-16-34(26-29-42(39-8-3,40-9-4)41-10-5)17-13-15-28-38-31-36-24-20-33(7-2)21-25-36/h6-7,11,13-15,18-25,34,37-38H,1-2,8-10,12,16-17,26-31H2,3-5H3/b14-11+,15-13+. The maximum atomic E-state index is 6.13. The Kier molecular flexibility index (Phi) is 18.7. The van der Waals surface area contributed by atoms with E-state index in [4.69, 9.17) is 13.3 Å². The van der Waals surface area contributed by atoms with Crippen LogP contribution in [0, 0.1) is 5.92 Å². The summed E-state index contributed by atoms with van der Waals surface area (Å²) in [7, 11) is -2.64. The summed E-state index contributed by atoms with van der Waals surface area (Å²) in [6.45, 7) is 19.0. The van der Waals surface area contributed by atoms with Crippen LogP contribution in [0.3, 0.4) is 0 Å². The molecule has 0 amide bonds. The lowest BCUT2D eigenvalue weighted by Gasteiger charge is -2.29. The van der Waals surface area contributed by atoms with Crippen molar-refractivity contribution < 1.29 is 13.3 Å². The summed E-state index contributed by atoms with van der Waals surface area (Å²) >= 11 is 0. The van der Waals surface area contributed by atoms with E-state index < -0.39 is 8.80 Å². The van der Waals surface area contributed by atoms with Crippen molar-refractivity contribution in [3.63, 3.8) is 0 Å². The molecule has 1 unspecified atom stereocenters. The van der Waals surface area contributed by atoms with Gasteiger partial charge in [-0.2, -0.15) is 0 Å². The van der Waals surface area contributed by atoms with Crippen molar-refractivity contribution in [2.75, 3.05) is 32.9 Å². The van der Waals surface area contributed by atoms with Crippen LogP contribution in [0.15, 0.2) is 86.0 Å². The van der Waals surface area contributed by atoms with Crippen LogP contribution in [0.1, 0.15) is 68.7 Å². The molecule has 0 heterocycles. The fraction of sp³-hybridized carbons (Fsp3) is 0.444. The SMILES string of the molecule is C=Cc1ccc(CNC/C=C/CCC(C/C=C/CNCc2ccc(C=C)cc2)CC[Si](OCC)(OCC)OCC)cc1.